The fourth-order valence-electron chi connectivity index (χ4n) is 2.47. The summed E-state index contributed by atoms with van der Waals surface area (Å²) in [7, 11) is 0. The molecule has 1 aliphatic rings. The molecule has 0 amide bonds. The van der Waals surface area contributed by atoms with E-state index >= 15 is 0 Å². The van der Waals surface area contributed by atoms with Gasteiger partial charge in [0.25, 0.3) is 0 Å². The highest BCUT2D eigenvalue weighted by Gasteiger charge is 2.21. The lowest BCUT2D eigenvalue weighted by atomic mass is 9.88. The van der Waals surface area contributed by atoms with Crippen LogP contribution in [-0.4, -0.2) is 32.6 Å². The minimum Gasteiger partial charge on any atom is -0.396 e. The molecule has 1 aliphatic carbocycles. The van der Waals surface area contributed by atoms with E-state index in [1.807, 2.05) is 4.68 Å². The zero-order valence-electron chi connectivity index (χ0n) is 11.1. The van der Waals surface area contributed by atoms with Crippen LogP contribution in [0.5, 0.6) is 0 Å². The normalized spacial score (nSPS) is 24.3. The fraction of sp³-hybridized carbons (Fsp3) is 0.846. The molecule has 5 nitrogen and oxygen atoms in total. The van der Waals surface area contributed by atoms with Crippen molar-refractivity contribution in [1.82, 2.24) is 14.8 Å². The number of aryl methyl sites for hydroxylation is 1. The van der Waals surface area contributed by atoms with Gasteiger partial charge in [-0.2, -0.15) is 5.10 Å². The molecule has 1 saturated carbocycles. The van der Waals surface area contributed by atoms with Crippen LogP contribution in [0.25, 0.3) is 0 Å². The Balaban J connectivity index is 1.76. The molecule has 1 heterocycles. The summed E-state index contributed by atoms with van der Waals surface area (Å²) < 4.78 is 7.82. The smallest absolute Gasteiger partial charge is 0.152 e. The quantitative estimate of drug-likeness (QED) is 0.839. The summed E-state index contributed by atoms with van der Waals surface area (Å²) >= 11 is 0. The molecule has 1 aromatic heterocycles. The Labute approximate surface area is 108 Å². The van der Waals surface area contributed by atoms with Gasteiger partial charge in [0.05, 0.1) is 6.10 Å². The van der Waals surface area contributed by atoms with E-state index in [2.05, 4.69) is 17.0 Å². The lowest BCUT2D eigenvalue weighted by molar-refractivity contribution is -0.00304. The number of hydrogen-bond acceptors (Lipinski definition) is 4. The molecule has 0 atom stereocenters. The van der Waals surface area contributed by atoms with Gasteiger partial charge in [-0.25, -0.2) is 9.67 Å². The van der Waals surface area contributed by atoms with E-state index in [0.717, 1.165) is 44.5 Å². The largest absolute Gasteiger partial charge is 0.396 e. The van der Waals surface area contributed by atoms with E-state index in [1.54, 1.807) is 6.33 Å². The zero-order chi connectivity index (χ0) is 12.8. The number of aromatic nitrogens is 3. The highest BCUT2D eigenvalue weighted by atomic mass is 16.5. The van der Waals surface area contributed by atoms with Gasteiger partial charge in [-0.05, 0) is 38.0 Å². The summed E-state index contributed by atoms with van der Waals surface area (Å²) in [5.41, 5.74) is 0. The van der Waals surface area contributed by atoms with E-state index in [-0.39, 0.29) is 0 Å². The van der Waals surface area contributed by atoms with Crippen LogP contribution >= 0.6 is 0 Å². The van der Waals surface area contributed by atoms with E-state index in [9.17, 15) is 0 Å². The van der Waals surface area contributed by atoms with Gasteiger partial charge in [-0.3, -0.25) is 0 Å². The number of nitrogens with zero attached hydrogens (tertiary/aromatic N) is 3. The van der Waals surface area contributed by atoms with E-state index in [4.69, 9.17) is 9.84 Å². The van der Waals surface area contributed by atoms with Gasteiger partial charge in [0.1, 0.15) is 12.9 Å². The van der Waals surface area contributed by atoms with Crippen LogP contribution in [0.3, 0.4) is 0 Å². The molecule has 0 unspecified atom stereocenters. The van der Waals surface area contributed by atoms with Crippen molar-refractivity contribution >= 4 is 0 Å². The van der Waals surface area contributed by atoms with Crippen molar-refractivity contribution in [3.63, 3.8) is 0 Å². The first-order valence-electron chi connectivity index (χ1n) is 6.92. The second-order valence-electron chi connectivity index (χ2n) is 5.04. The van der Waals surface area contributed by atoms with E-state index in [0.29, 0.717) is 25.2 Å². The van der Waals surface area contributed by atoms with Crippen molar-refractivity contribution in [2.45, 2.75) is 58.3 Å². The Morgan fingerprint density at radius 2 is 2.17 bits per heavy atom. The van der Waals surface area contributed by atoms with Crippen molar-refractivity contribution in [1.29, 1.82) is 0 Å². The molecule has 2 rings (SSSR count). The number of hydrogen-bond donors (Lipinski definition) is 1. The Morgan fingerprint density at radius 1 is 1.39 bits per heavy atom. The molecule has 5 heteroatoms. The fourth-order valence-corrected chi connectivity index (χ4v) is 2.47. The molecule has 0 aliphatic heterocycles. The number of aliphatic hydroxyl groups excluding tert-OH is 1. The van der Waals surface area contributed by atoms with Crippen molar-refractivity contribution in [2.24, 2.45) is 5.92 Å². The maximum atomic E-state index is 9.09. The third-order valence-electron chi connectivity index (χ3n) is 3.63. The summed E-state index contributed by atoms with van der Waals surface area (Å²) in [6.07, 6.45) is 7.21. The first-order valence-corrected chi connectivity index (χ1v) is 6.92. The van der Waals surface area contributed by atoms with Crippen LogP contribution in [0.15, 0.2) is 6.33 Å². The maximum absolute atomic E-state index is 9.09. The standard InChI is InChI=1S/C13H23N3O2/c1-2-7-16-13(14-10-15-16)9-18-12-5-3-11(8-17)4-6-12/h10-12,17H,2-9H2,1H3. The zero-order valence-corrected chi connectivity index (χ0v) is 11.1. The maximum Gasteiger partial charge on any atom is 0.152 e. The SMILES string of the molecule is CCCn1ncnc1COC1CCC(CO)CC1. The third kappa shape index (κ3) is 3.53. The first-order chi connectivity index (χ1) is 8.83. The van der Waals surface area contributed by atoms with E-state index < -0.39 is 0 Å². The summed E-state index contributed by atoms with van der Waals surface area (Å²) in [6.45, 7) is 3.89. The van der Waals surface area contributed by atoms with Crippen molar-refractivity contribution in [3.8, 4) is 0 Å². The molecular formula is C13H23N3O2. The Bertz CT molecular complexity index is 346. The van der Waals surface area contributed by atoms with Crippen LogP contribution in [0.2, 0.25) is 0 Å². The number of aliphatic hydroxyl groups is 1. The molecular weight excluding hydrogens is 230 g/mol. The highest BCUT2D eigenvalue weighted by Crippen LogP contribution is 2.26. The average molecular weight is 253 g/mol. The molecule has 0 spiro atoms. The minimum absolute atomic E-state index is 0.317. The molecule has 1 aromatic rings. The molecule has 18 heavy (non-hydrogen) atoms. The predicted octanol–water partition coefficient (Wildman–Crippen LogP) is 1.76. The Hall–Kier alpha value is -0.940. The average Bonchev–Trinajstić information content (AvgIpc) is 2.85. The summed E-state index contributed by atoms with van der Waals surface area (Å²) in [6, 6.07) is 0. The van der Waals surface area contributed by atoms with Crippen LogP contribution in [0, 0.1) is 5.92 Å². The minimum atomic E-state index is 0.317. The van der Waals surface area contributed by atoms with Gasteiger partial charge in [0.15, 0.2) is 5.82 Å². The lowest BCUT2D eigenvalue weighted by Crippen LogP contribution is -2.23. The predicted molar refractivity (Wildman–Crippen MR) is 67.9 cm³/mol. The van der Waals surface area contributed by atoms with Gasteiger partial charge in [0, 0.05) is 13.2 Å². The number of rotatable bonds is 6. The summed E-state index contributed by atoms with van der Waals surface area (Å²) in [5, 5.41) is 13.3. The van der Waals surface area contributed by atoms with E-state index in [1.165, 1.54) is 0 Å². The summed E-state index contributed by atoms with van der Waals surface area (Å²) in [5.74, 6) is 1.40. The third-order valence-corrected chi connectivity index (χ3v) is 3.63. The first kappa shape index (κ1) is 13.5. The highest BCUT2D eigenvalue weighted by molar-refractivity contribution is 4.82. The summed E-state index contributed by atoms with van der Waals surface area (Å²) in [4.78, 5) is 4.24. The molecule has 0 bridgehead atoms. The number of ether oxygens (including phenoxy) is 1. The molecule has 0 radical (unpaired) electrons. The van der Waals surface area contributed by atoms with Gasteiger partial charge < -0.3 is 9.84 Å². The van der Waals surface area contributed by atoms with Crippen molar-refractivity contribution in [3.05, 3.63) is 12.2 Å². The molecule has 1 fully saturated rings. The van der Waals surface area contributed by atoms with Crippen LogP contribution in [0.1, 0.15) is 44.9 Å². The van der Waals surface area contributed by atoms with Crippen LogP contribution in [0.4, 0.5) is 0 Å². The lowest BCUT2D eigenvalue weighted by Gasteiger charge is -2.27. The monoisotopic (exact) mass is 253 g/mol. The molecule has 1 N–H and O–H groups in total. The van der Waals surface area contributed by atoms with Gasteiger partial charge in [-0.15, -0.1) is 0 Å². The van der Waals surface area contributed by atoms with Gasteiger partial charge in [-0.1, -0.05) is 6.92 Å². The van der Waals surface area contributed by atoms with Crippen LogP contribution in [-0.2, 0) is 17.9 Å². The van der Waals surface area contributed by atoms with Crippen molar-refractivity contribution in [2.75, 3.05) is 6.61 Å². The van der Waals surface area contributed by atoms with Gasteiger partial charge in [0.2, 0.25) is 0 Å². The second-order valence-corrected chi connectivity index (χ2v) is 5.04. The Kier molecular flexibility index (Phi) is 5.13. The molecule has 0 saturated heterocycles. The van der Waals surface area contributed by atoms with Gasteiger partial charge >= 0.3 is 0 Å². The van der Waals surface area contributed by atoms with Crippen molar-refractivity contribution < 1.29 is 9.84 Å². The topological polar surface area (TPSA) is 60.2 Å². The molecule has 0 aromatic carbocycles. The second kappa shape index (κ2) is 6.85. The van der Waals surface area contributed by atoms with Crippen LogP contribution < -0.4 is 0 Å². The molecule has 102 valence electrons. The Morgan fingerprint density at radius 3 is 2.83 bits per heavy atom.